The molecule has 0 N–H and O–H groups in total. The number of methoxy groups -OCH3 is 1. The number of anilines is 2. The van der Waals surface area contributed by atoms with Gasteiger partial charge in [-0.05, 0) is 24.3 Å². The quantitative estimate of drug-likeness (QED) is 0.586. The number of pyridine rings is 1. The third-order valence-electron chi connectivity index (χ3n) is 5.23. The van der Waals surface area contributed by atoms with E-state index in [0.29, 0.717) is 38.1 Å². The highest BCUT2D eigenvalue weighted by Gasteiger charge is 2.31. The minimum Gasteiger partial charge on any atom is -0.497 e. The Morgan fingerprint density at radius 3 is 2.38 bits per heavy atom. The van der Waals surface area contributed by atoms with Gasteiger partial charge < -0.3 is 14.5 Å². The molecule has 1 aromatic carbocycles. The first-order valence-electron chi connectivity index (χ1n) is 9.73. The summed E-state index contributed by atoms with van der Waals surface area (Å²) >= 11 is 6.33. The van der Waals surface area contributed by atoms with Crippen molar-refractivity contribution in [2.24, 2.45) is 0 Å². The molecule has 0 spiro atoms. The number of alkyl halides is 3. The molecule has 7 nitrogen and oxygen atoms in total. The number of ether oxygens (including phenoxy) is 1. The first kappa shape index (κ1) is 21.9. The zero-order valence-corrected chi connectivity index (χ0v) is 17.8. The zero-order chi connectivity index (χ0) is 22.9. The molecule has 1 aliphatic heterocycles. The Labute approximate surface area is 186 Å². The number of aromatic nitrogens is 3. The molecule has 0 aliphatic carbocycles. The lowest BCUT2D eigenvalue weighted by Gasteiger charge is -2.37. The number of benzene rings is 1. The van der Waals surface area contributed by atoms with E-state index in [1.165, 1.54) is 6.20 Å². The average Bonchev–Trinajstić information content (AvgIpc) is 2.80. The Morgan fingerprint density at radius 1 is 1.03 bits per heavy atom. The Morgan fingerprint density at radius 2 is 1.75 bits per heavy atom. The number of hydrogen-bond acceptors (Lipinski definition) is 6. The lowest BCUT2D eigenvalue weighted by Crippen LogP contribution is -2.47. The smallest absolute Gasteiger partial charge is 0.417 e. The summed E-state index contributed by atoms with van der Waals surface area (Å²) in [5, 5.41) is 4.02. The van der Waals surface area contributed by atoms with Crippen LogP contribution in [0.25, 0.3) is 5.82 Å². The van der Waals surface area contributed by atoms with E-state index in [2.05, 4.69) is 15.0 Å². The summed E-state index contributed by atoms with van der Waals surface area (Å²) in [4.78, 5) is 20.6. The van der Waals surface area contributed by atoms with Crippen LogP contribution in [0.2, 0.25) is 5.02 Å². The van der Waals surface area contributed by atoms with Crippen molar-refractivity contribution in [3.63, 3.8) is 0 Å². The Bertz CT molecular complexity index is 1160. The summed E-state index contributed by atoms with van der Waals surface area (Å²) in [6.07, 6.45) is -2.42. The monoisotopic (exact) mass is 465 g/mol. The third-order valence-corrected chi connectivity index (χ3v) is 5.59. The molecule has 0 bridgehead atoms. The highest BCUT2D eigenvalue weighted by atomic mass is 35.5. The number of hydrogen-bond donors (Lipinski definition) is 0. The van der Waals surface area contributed by atoms with E-state index in [1.54, 1.807) is 7.11 Å². The molecule has 1 saturated heterocycles. The predicted molar refractivity (Wildman–Crippen MR) is 115 cm³/mol. The maximum absolute atomic E-state index is 12.7. The molecule has 0 saturated carbocycles. The lowest BCUT2D eigenvalue weighted by atomic mass is 10.2. The Kier molecular flexibility index (Phi) is 5.96. The summed E-state index contributed by atoms with van der Waals surface area (Å²) in [5.41, 5.74) is -0.0419. The second kappa shape index (κ2) is 8.70. The maximum atomic E-state index is 12.7. The van der Waals surface area contributed by atoms with Crippen LogP contribution in [-0.4, -0.2) is 48.1 Å². The normalized spacial score (nSPS) is 14.5. The van der Waals surface area contributed by atoms with Crippen LogP contribution in [0, 0.1) is 0 Å². The summed E-state index contributed by atoms with van der Waals surface area (Å²) in [6, 6.07) is 9.70. The Hall–Kier alpha value is -3.27. The van der Waals surface area contributed by atoms with Gasteiger partial charge in [-0.3, -0.25) is 4.79 Å². The molecular weight excluding hydrogens is 447 g/mol. The number of rotatable bonds is 4. The second-order valence-corrected chi connectivity index (χ2v) is 7.52. The maximum Gasteiger partial charge on any atom is 0.417 e. The first-order valence-corrected chi connectivity index (χ1v) is 10.1. The molecule has 168 valence electrons. The van der Waals surface area contributed by atoms with E-state index in [0.717, 1.165) is 28.3 Å². The Balaban J connectivity index is 1.51. The molecule has 11 heteroatoms. The van der Waals surface area contributed by atoms with Gasteiger partial charge in [0.2, 0.25) is 0 Å². The van der Waals surface area contributed by atoms with Gasteiger partial charge in [0.1, 0.15) is 10.8 Å². The van der Waals surface area contributed by atoms with E-state index >= 15 is 0 Å². The second-order valence-electron chi connectivity index (χ2n) is 7.14. The van der Waals surface area contributed by atoms with Crippen LogP contribution in [0.3, 0.4) is 0 Å². The van der Waals surface area contributed by atoms with Gasteiger partial charge in [-0.25, -0.2) is 4.98 Å². The summed E-state index contributed by atoms with van der Waals surface area (Å²) in [6.45, 7) is 2.63. The van der Waals surface area contributed by atoms with Gasteiger partial charge in [0.25, 0.3) is 5.56 Å². The molecule has 0 radical (unpaired) electrons. The third kappa shape index (κ3) is 4.36. The van der Waals surface area contributed by atoms with Gasteiger partial charge in [-0.2, -0.15) is 23.0 Å². The molecule has 3 heterocycles. The van der Waals surface area contributed by atoms with E-state index in [-0.39, 0.29) is 10.8 Å². The van der Waals surface area contributed by atoms with Crippen molar-refractivity contribution in [2.75, 3.05) is 43.1 Å². The molecule has 3 aromatic rings. The standard InChI is InChI=1S/C21H19ClF3N5O2/c1-32-16-4-2-3-15(11-16)28-7-9-29(10-8-28)17-13-27-30(20(31)19(17)22)18-6-5-14(12-26-18)21(23,24)25/h2-6,11-13H,7-10H2,1H3. The molecule has 0 unspecified atom stereocenters. The average molecular weight is 466 g/mol. The SMILES string of the molecule is COc1cccc(N2CCN(c3cnn(-c4ccc(C(F)(F)F)cn4)c(=O)c3Cl)CC2)c1. The minimum absolute atomic E-state index is 0.0423. The van der Waals surface area contributed by atoms with Gasteiger partial charge >= 0.3 is 6.18 Å². The van der Waals surface area contributed by atoms with Gasteiger partial charge in [-0.1, -0.05) is 17.7 Å². The first-order chi connectivity index (χ1) is 15.3. The van der Waals surface area contributed by atoms with E-state index in [1.807, 2.05) is 29.2 Å². The fourth-order valence-electron chi connectivity index (χ4n) is 3.50. The minimum atomic E-state index is -4.52. The van der Waals surface area contributed by atoms with Crippen LogP contribution in [-0.2, 0) is 6.18 Å². The molecule has 0 amide bonds. The van der Waals surface area contributed by atoms with Crippen LogP contribution in [0.1, 0.15) is 5.56 Å². The topological polar surface area (TPSA) is 63.5 Å². The van der Waals surface area contributed by atoms with E-state index in [9.17, 15) is 18.0 Å². The van der Waals surface area contributed by atoms with E-state index in [4.69, 9.17) is 16.3 Å². The fourth-order valence-corrected chi connectivity index (χ4v) is 3.75. The number of halogens is 4. The number of nitrogens with zero attached hydrogens (tertiary/aromatic N) is 5. The molecule has 1 aliphatic rings. The largest absolute Gasteiger partial charge is 0.497 e. The molecular formula is C21H19ClF3N5O2. The summed E-state index contributed by atoms with van der Waals surface area (Å²) < 4.78 is 44.4. The van der Waals surface area contributed by atoms with Crippen LogP contribution in [0.4, 0.5) is 24.5 Å². The van der Waals surface area contributed by atoms with Crippen LogP contribution >= 0.6 is 11.6 Å². The van der Waals surface area contributed by atoms with Crippen molar-refractivity contribution in [3.05, 3.63) is 69.7 Å². The molecule has 2 aromatic heterocycles. The van der Waals surface area contributed by atoms with Gasteiger partial charge in [-0.15, -0.1) is 0 Å². The summed E-state index contributed by atoms with van der Waals surface area (Å²) in [7, 11) is 1.62. The van der Waals surface area contributed by atoms with E-state index < -0.39 is 17.3 Å². The van der Waals surface area contributed by atoms with Crippen molar-refractivity contribution < 1.29 is 17.9 Å². The van der Waals surface area contributed by atoms with Crippen molar-refractivity contribution in [3.8, 4) is 11.6 Å². The lowest BCUT2D eigenvalue weighted by molar-refractivity contribution is -0.137. The van der Waals surface area contributed by atoms with Crippen molar-refractivity contribution in [1.82, 2.24) is 14.8 Å². The van der Waals surface area contributed by atoms with Gasteiger partial charge in [0.15, 0.2) is 5.82 Å². The highest BCUT2D eigenvalue weighted by Crippen LogP contribution is 2.29. The zero-order valence-electron chi connectivity index (χ0n) is 17.0. The fraction of sp³-hybridized carbons (Fsp3) is 0.286. The van der Waals surface area contributed by atoms with Crippen LogP contribution in [0.15, 0.2) is 53.6 Å². The van der Waals surface area contributed by atoms with Crippen molar-refractivity contribution >= 4 is 23.0 Å². The molecule has 1 fully saturated rings. The summed E-state index contributed by atoms with van der Waals surface area (Å²) in [5.74, 6) is 0.733. The molecule has 4 rings (SSSR count). The van der Waals surface area contributed by atoms with Crippen molar-refractivity contribution in [1.29, 1.82) is 0 Å². The number of piperazine rings is 1. The van der Waals surface area contributed by atoms with Crippen molar-refractivity contribution in [2.45, 2.75) is 6.18 Å². The van der Waals surface area contributed by atoms with Crippen LogP contribution in [0.5, 0.6) is 5.75 Å². The van der Waals surface area contributed by atoms with Gasteiger partial charge in [0.05, 0.1) is 24.6 Å². The highest BCUT2D eigenvalue weighted by molar-refractivity contribution is 6.33. The van der Waals surface area contributed by atoms with Crippen LogP contribution < -0.4 is 20.1 Å². The molecule has 32 heavy (non-hydrogen) atoms. The van der Waals surface area contributed by atoms with Gasteiger partial charge in [0, 0.05) is 44.1 Å². The predicted octanol–water partition coefficient (Wildman–Crippen LogP) is 3.63. The molecule has 0 atom stereocenters.